The SMILES string of the molecule is CCOC(C/C=C/COC(=O)C[C@H](Cc1cn(C)c2ccccc12)N(C)C(=O)OC(C)(C)C)OCC. The Morgan fingerprint density at radius 2 is 1.75 bits per heavy atom. The summed E-state index contributed by atoms with van der Waals surface area (Å²) in [6.45, 7) is 10.6. The topological polar surface area (TPSA) is 79.2 Å². The van der Waals surface area contributed by atoms with Crippen LogP contribution in [0.15, 0.2) is 42.6 Å². The summed E-state index contributed by atoms with van der Waals surface area (Å²) in [4.78, 5) is 27.1. The average Bonchev–Trinajstić information content (AvgIpc) is 3.12. The van der Waals surface area contributed by atoms with Gasteiger partial charge in [0.05, 0.1) is 6.42 Å². The van der Waals surface area contributed by atoms with Gasteiger partial charge in [-0.3, -0.25) is 4.79 Å². The van der Waals surface area contributed by atoms with Crippen molar-refractivity contribution in [1.29, 1.82) is 0 Å². The van der Waals surface area contributed by atoms with Crippen LogP contribution in [-0.2, 0) is 37.2 Å². The Bertz CT molecular complexity index is 1000. The maximum absolute atomic E-state index is 12.8. The van der Waals surface area contributed by atoms with E-state index in [1.54, 1.807) is 13.1 Å². The van der Waals surface area contributed by atoms with Crippen LogP contribution in [-0.4, -0.2) is 66.3 Å². The number of para-hydroxylation sites is 1. The summed E-state index contributed by atoms with van der Waals surface area (Å²) >= 11 is 0. The first-order chi connectivity index (χ1) is 17.1. The molecule has 8 nitrogen and oxygen atoms in total. The first-order valence-corrected chi connectivity index (χ1v) is 12.6. The standard InChI is InChI=1S/C28H42N2O6/c1-8-33-26(34-9-2)16-12-13-17-35-25(31)19-22(30(7)27(32)36-28(3,4)5)18-21-20-29(6)24-15-11-10-14-23(21)24/h10-15,20,22,26H,8-9,16-19H2,1-7H3/b13-12+/t22-/m0/s1. The van der Waals surface area contributed by atoms with E-state index in [9.17, 15) is 9.59 Å². The average molecular weight is 503 g/mol. The third-order valence-electron chi connectivity index (χ3n) is 5.61. The zero-order chi connectivity index (χ0) is 26.7. The fourth-order valence-electron chi connectivity index (χ4n) is 3.89. The molecule has 2 aromatic rings. The minimum atomic E-state index is -0.637. The number of aromatic nitrogens is 1. The molecule has 0 saturated carbocycles. The van der Waals surface area contributed by atoms with Gasteiger partial charge in [-0.15, -0.1) is 0 Å². The van der Waals surface area contributed by atoms with E-state index in [1.807, 2.05) is 72.1 Å². The number of likely N-dealkylation sites (N-methyl/N-ethyl adjacent to an activating group) is 1. The van der Waals surface area contributed by atoms with Gasteiger partial charge in [0.15, 0.2) is 6.29 Å². The monoisotopic (exact) mass is 502 g/mol. The maximum Gasteiger partial charge on any atom is 0.410 e. The second kappa shape index (κ2) is 14.0. The predicted octanol–water partition coefficient (Wildman–Crippen LogP) is 5.24. The maximum atomic E-state index is 12.8. The van der Waals surface area contributed by atoms with Crippen LogP contribution >= 0.6 is 0 Å². The summed E-state index contributed by atoms with van der Waals surface area (Å²) in [5, 5.41) is 1.09. The number of amides is 1. The Morgan fingerprint density at radius 3 is 2.39 bits per heavy atom. The predicted molar refractivity (Wildman–Crippen MR) is 141 cm³/mol. The van der Waals surface area contributed by atoms with Crippen molar-refractivity contribution in [2.45, 2.75) is 71.8 Å². The van der Waals surface area contributed by atoms with Gasteiger partial charge < -0.3 is 28.4 Å². The van der Waals surface area contributed by atoms with Crippen LogP contribution < -0.4 is 0 Å². The third-order valence-corrected chi connectivity index (χ3v) is 5.61. The molecule has 2 rings (SSSR count). The number of hydrogen-bond acceptors (Lipinski definition) is 6. The first-order valence-electron chi connectivity index (χ1n) is 12.6. The highest BCUT2D eigenvalue weighted by Crippen LogP contribution is 2.24. The molecule has 0 bridgehead atoms. The molecule has 0 aliphatic rings. The Kier molecular flexibility index (Phi) is 11.5. The van der Waals surface area contributed by atoms with Gasteiger partial charge in [-0.1, -0.05) is 30.4 Å². The molecule has 0 unspecified atom stereocenters. The Balaban J connectivity index is 2.07. The lowest BCUT2D eigenvalue weighted by Crippen LogP contribution is -2.43. The van der Waals surface area contributed by atoms with Gasteiger partial charge in [-0.25, -0.2) is 4.79 Å². The van der Waals surface area contributed by atoms with Crippen molar-refractivity contribution in [2.75, 3.05) is 26.9 Å². The van der Waals surface area contributed by atoms with E-state index < -0.39 is 17.7 Å². The highest BCUT2D eigenvalue weighted by atomic mass is 16.7. The van der Waals surface area contributed by atoms with Crippen LogP contribution in [0, 0.1) is 0 Å². The van der Waals surface area contributed by atoms with E-state index in [-0.39, 0.29) is 25.3 Å². The Morgan fingerprint density at radius 1 is 1.08 bits per heavy atom. The summed E-state index contributed by atoms with van der Waals surface area (Å²) in [5.74, 6) is -0.383. The normalized spacial score (nSPS) is 12.9. The fourth-order valence-corrected chi connectivity index (χ4v) is 3.89. The quantitative estimate of drug-likeness (QED) is 0.212. The van der Waals surface area contributed by atoms with E-state index in [0.29, 0.717) is 26.1 Å². The van der Waals surface area contributed by atoms with E-state index in [2.05, 4.69) is 10.6 Å². The minimum Gasteiger partial charge on any atom is -0.461 e. The number of carbonyl (C=O) groups is 2. The van der Waals surface area contributed by atoms with Gasteiger partial charge in [0.1, 0.15) is 12.2 Å². The number of fused-ring (bicyclic) bond motifs is 1. The molecule has 1 aromatic carbocycles. The number of esters is 1. The molecule has 0 aliphatic heterocycles. The van der Waals surface area contributed by atoms with E-state index >= 15 is 0 Å². The fraction of sp³-hybridized carbons (Fsp3) is 0.571. The van der Waals surface area contributed by atoms with Crippen LogP contribution in [0.3, 0.4) is 0 Å². The number of ether oxygens (including phenoxy) is 4. The molecular formula is C28H42N2O6. The number of nitrogens with zero attached hydrogens (tertiary/aromatic N) is 2. The third kappa shape index (κ3) is 9.32. The first kappa shape index (κ1) is 29.4. The summed E-state index contributed by atoms with van der Waals surface area (Å²) in [6, 6.07) is 7.65. The van der Waals surface area contributed by atoms with Crippen LogP contribution in [0.4, 0.5) is 4.79 Å². The van der Waals surface area contributed by atoms with E-state index in [0.717, 1.165) is 16.5 Å². The number of carbonyl (C=O) groups excluding carboxylic acids is 2. The number of aryl methyl sites for hydroxylation is 1. The van der Waals surface area contributed by atoms with Gasteiger partial charge >= 0.3 is 12.1 Å². The van der Waals surface area contributed by atoms with Crippen molar-refractivity contribution in [2.24, 2.45) is 7.05 Å². The molecule has 0 aliphatic carbocycles. The molecule has 0 fully saturated rings. The lowest BCUT2D eigenvalue weighted by atomic mass is 10.0. The van der Waals surface area contributed by atoms with Gasteiger partial charge in [0, 0.05) is 56.9 Å². The van der Waals surface area contributed by atoms with Crippen molar-refractivity contribution in [3.63, 3.8) is 0 Å². The summed E-state index contributed by atoms with van der Waals surface area (Å²) in [5.41, 5.74) is 1.51. The summed E-state index contributed by atoms with van der Waals surface area (Å²) < 4.78 is 24.1. The number of hydrogen-bond donors (Lipinski definition) is 0. The van der Waals surface area contributed by atoms with Gasteiger partial charge in [-0.2, -0.15) is 0 Å². The zero-order valence-electron chi connectivity index (χ0n) is 22.8. The summed E-state index contributed by atoms with van der Waals surface area (Å²) in [7, 11) is 3.65. The number of rotatable bonds is 13. The lowest BCUT2D eigenvalue weighted by molar-refractivity contribution is -0.143. The molecule has 1 amide bonds. The van der Waals surface area contributed by atoms with Crippen molar-refractivity contribution in [3.05, 3.63) is 48.2 Å². The van der Waals surface area contributed by atoms with Crippen molar-refractivity contribution < 1.29 is 28.5 Å². The second-order valence-corrected chi connectivity index (χ2v) is 9.67. The molecule has 36 heavy (non-hydrogen) atoms. The van der Waals surface area contributed by atoms with E-state index in [1.165, 1.54) is 4.90 Å². The van der Waals surface area contributed by atoms with Crippen molar-refractivity contribution in [1.82, 2.24) is 9.47 Å². The molecule has 8 heteroatoms. The molecule has 0 spiro atoms. The van der Waals surface area contributed by atoms with Crippen LogP contribution in [0.1, 0.15) is 53.0 Å². The zero-order valence-corrected chi connectivity index (χ0v) is 22.8. The van der Waals surface area contributed by atoms with Gasteiger partial charge in [0.25, 0.3) is 0 Å². The molecular weight excluding hydrogens is 460 g/mol. The molecule has 1 atom stereocenters. The number of benzene rings is 1. The smallest absolute Gasteiger partial charge is 0.410 e. The molecule has 200 valence electrons. The van der Waals surface area contributed by atoms with Crippen molar-refractivity contribution >= 4 is 23.0 Å². The highest BCUT2D eigenvalue weighted by molar-refractivity contribution is 5.84. The molecule has 0 saturated heterocycles. The second-order valence-electron chi connectivity index (χ2n) is 9.67. The van der Waals surface area contributed by atoms with Crippen molar-refractivity contribution in [3.8, 4) is 0 Å². The van der Waals surface area contributed by atoms with Crippen LogP contribution in [0.2, 0.25) is 0 Å². The molecule has 1 aromatic heterocycles. The summed E-state index contributed by atoms with van der Waals surface area (Å²) in [6.07, 6.45) is 6.04. The highest BCUT2D eigenvalue weighted by Gasteiger charge is 2.28. The Labute approximate surface area is 215 Å². The molecule has 0 radical (unpaired) electrons. The molecule has 1 heterocycles. The largest absolute Gasteiger partial charge is 0.461 e. The van der Waals surface area contributed by atoms with Gasteiger partial charge in [-0.05, 0) is 52.7 Å². The lowest BCUT2D eigenvalue weighted by Gasteiger charge is -2.30. The van der Waals surface area contributed by atoms with E-state index in [4.69, 9.17) is 18.9 Å². The van der Waals surface area contributed by atoms with Gasteiger partial charge in [0.2, 0.25) is 0 Å². The van der Waals surface area contributed by atoms with Crippen LogP contribution in [0.25, 0.3) is 10.9 Å². The molecule has 0 N–H and O–H groups in total. The Hall–Kier alpha value is -2.84. The van der Waals surface area contributed by atoms with Crippen LogP contribution in [0.5, 0.6) is 0 Å². The minimum absolute atomic E-state index is 0.0489.